The van der Waals surface area contributed by atoms with Crippen molar-refractivity contribution in [3.63, 3.8) is 0 Å². The van der Waals surface area contributed by atoms with Crippen LogP contribution in [0.15, 0.2) is 102 Å². The molecule has 4 aromatic carbocycles. The number of hydrogen-bond donors (Lipinski definition) is 2. The second-order valence-corrected chi connectivity index (χ2v) is 9.46. The molecule has 0 aliphatic carbocycles. The fourth-order valence-corrected chi connectivity index (χ4v) is 4.88. The maximum Gasteiger partial charge on any atom is 0.263 e. The summed E-state index contributed by atoms with van der Waals surface area (Å²) in [6, 6.07) is 30.0. The lowest BCUT2D eigenvalue weighted by atomic mass is 10.1. The predicted octanol–water partition coefficient (Wildman–Crippen LogP) is 6.74. The van der Waals surface area contributed by atoms with E-state index in [1.165, 1.54) is 26.0 Å². The highest BCUT2D eigenvalue weighted by Crippen LogP contribution is 2.37. The number of benzene rings is 4. The molecule has 0 radical (unpaired) electrons. The van der Waals surface area contributed by atoms with Crippen LogP contribution in [0, 0.1) is 6.92 Å². The van der Waals surface area contributed by atoms with E-state index in [4.69, 9.17) is 9.47 Å². The van der Waals surface area contributed by atoms with Crippen LogP contribution in [0.1, 0.15) is 26.7 Å². The van der Waals surface area contributed by atoms with Gasteiger partial charge in [0.15, 0.2) is 0 Å². The van der Waals surface area contributed by atoms with E-state index >= 15 is 0 Å². The largest absolute Gasteiger partial charge is 0.496 e. The summed E-state index contributed by atoms with van der Waals surface area (Å²) in [7, 11) is 3.02. The molecule has 188 valence electrons. The standard InChI is InChI=1S/C30H28N2O4S/c1-20-9-7-12-23(19-20)32-30(34)28(21-10-5-4-6-11-21)37-24-17-15-22(16-18-24)31-29(33)27-25(35-2)13-8-14-26(27)36-3/h4-19,28H,1-3H3,(H,31,33)(H,32,34). The number of carbonyl (C=O) groups is 2. The van der Waals surface area contributed by atoms with Crippen LogP contribution in [0.25, 0.3) is 0 Å². The van der Waals surface area contributed by atoms with Gasteiger partial charge in [-0.05, 0) is 66.6 Å². The quantitative estimate of drug-likeness (QED) is 0.243. The number of thioether (sulfide) groups is 1. The fourth-order valence-electron chi connectivity index (χ4n) is 3.85. The van der Waals surface area contributed by atoms with Gasteiger partial charge in [0.1, 0.15) is 22.3 Å². The number of nitrogens with one attached hydrogen (secondary N) is 2. The zero-order valence-corrected chi connectivity index (χ0v) is 21.7. The Morgan fingerprint density at radius 2 is 1.38 bits per heavy atom. The van der Waals surface area contributed by atoms with E-state index < -0.39 is 5.25 Å². The van der Waals surface area contributed by atoms with Gasteiger partial charge < -0.3 is 20.1 Å². The number of methoxy groups -OCH3 is 2. The third kappa shape index (κ3) is 6.51. The van der Waals surface area contributed by atoms with E-state index in [-0.39, 0.29) is 11.8 Å². The Bertz CT molecular complexity index is 1350. The second-order valence-electron chi connectivity index (χ2n) is 8.28. The number of rotatable bonds is 9. The molecule has 7 heteroatoms. The van der Waals surface area contributed by atoms with Gasteiger partial charge in [0.05, 0.1) is 14.2 Å². The van der Waals surface area contributed by atoms with E-state index in [9.17, 15) is 9.59 Å². The molecule has 0 aromatic heterocycles. The van der Waals surface area contributed by atoms with Crippen molar-refractivity contribution in [2.45, 2.75) is 17.1 Å². The fraction of sp³-hybridized carbons (Fsp3) is 0.133. The van der Waals surface area contributed by atoms with Crippen LogP contribution in [0.4, 0.5) is 11.4 Å². The van der Waals surface area contributed by atoms with Gasteiger partial charge in [0, 0.05) is 16.3 Å². The number of amides is 2. The van der Waals surface area contributed by atoms with Gasteiger partial charge in [0.25, 0.3) is 5.91 Å². The Hall–Kier alpha value is -4.23. The number of carbonyl (C=O) groups excluding carboxylic acids is 2. The summed E-state index contributed by atoms with van der Waals surface area (Å²) < 4.78 is 10.7. The van der Waals surface area contributed by atoms with Crippen LogP contribution in [0.5, 0.6) is 11.5 Å². The highest BCUT2D eigenvalue weighted by Gasteiger charge is 2.23. The summed E-state index contributed by atoms with van der Waals surface area (Å²) in [5.74, 6) is 0.403. The Kier molecular flexibility index (Phi) is 8.48. The maximum absolute atomic E-state index is 13.3. The maximum atomic E-state index is 13.3. The third-order valence-corrected chi connectivity index (χ3v) is 6.91. The Labute approximate surface area is 221 Å². The minimum absolute atomic E-state index is 0.109. The molecule has 2 N–H and O–H groups in total. The molecule has 0 aliphatic rings. The number of ether oxygens (including phenoxy) is 2. The first-order valence-electron chi connectivity index (χ1n) is 11.7. The Morgan fingerprint density at radius 1 is 0.730 bits per heavy atom. The summed E-state index contributed by atoms with van der Waals surface area (Å²) in [5.41, 5.74) is 3.67. The minimum Gasteiger partial charge on any atom is -0.496 e. The lowest BCUT2D eigenvalue weighted by molar-refractivity contribution is -0.115. The van der Waals surface area contributed by atoms with Crippen LogP contribution < -0.4 is 20.1 Å². The molecule has 0 heterocycles. The van der Waals surface area contributed by atoms with Crippen molar-refractivity contribution >= 4 is 35.0 Å². The van der Waals surface area contributed by atoms with Crippen LogP contribution >= 0.6 is 11.8 Å². The van der Waals surface area contributed by atoms with Crippen molar-refractivity contribution in [1.82, 2.24) is 0 Å². The number of aryl methyl sites for hydroxylation is 1. The minimum atomic E-state index is -0.458. The van der Waals surface area contributed by atoms with Crippen LogP contribution in [-0.2, 0) is 4.79 Å². The van der Waals surface area contributed by atoms with Gasteiger partial charge in [-0.1, -0.05) is 48.5 Å². The van der Waals surface area contributed by atoms with Gasteiger partial charge in [-0.3, -0.25) is 9.59 Å². The molecule has 4 rings (SSSR count). The SMILES string of the molecule is COc1cccc(OC)c1C(=O)Nc1ccc(SC(C(=O)Nc2cccc(C)c2)c2ccccc2)cc1. The van der Waals surface area contributed by atoms with Crippen molar-refractivity contribution in [3.05, 3.63) is 114 Å². The first-order valence-corrected chi connectivity index (χ1v) is 12.6. The van der Waals surface area contributed by atoms with Crippen molar-refractivity contribution in [1.29, 1.82) is 0 Å². The van der Waals surface area contributed by atoms with Gasteiger partial charge in [0.2, 0.25) is 5.91 Å². The van der Waals surface area contributed by atoms with Gasteiger partial charge >= 0.3 is 0 Å². The monoisotopic (exact) mass is 512 g/mol. The van der Waals surface area contributed by atoms with Gasteiger partial charge in [-0.15, -0.1) is 11.8 Å². The molecule has 0 spiro atoms. The van der Waals surface area contributed by atoms with Crippen LogP contribution in [-0.4, -0.2) is 26.0 Å². The average Bonchev–Trinajstić information content (AvgIpc) is 2.92. The molecule has 0 bridgehead atoms. The zero-order valence-electron chi connectivity index (χ0n) is 20.9. The number of anilines is 2. The van der Waals surface area contributed by atoms with Crippen molar-refractivity contribution in [2.75, 3.05) is 24.9 Å². The molecule has 0 fully saturated rings. The van der Waals surface area contributed by atoms with Gasteiger partial charge in [-0.2, -0.15) is 0 Å². The molecule has 1 atom stereocenters. The molecule has 6 nitrogen and oxygen atoms in total. The molecule has 4 aromatic rings. The third-order valence-electron chi connectivity index (χ3n) is 5.65. The average molecular weight is 513 g/mol. The Morgan fingerprint density at radius 3 is 2.00 bits per heavy atom. The first kappa shape index (κ1) is 25.9. The highest BCUT2D eigenvalue weighted by molar-refractivity contribution is 8.00. The molecule has 0 aliphatic heterocycles. The van der Waals surface area contributed by atoms with Crippen molar-refractivity contribution in [2.24, 2.45) is 0 Å². The predicted molar refractivity (Wildman–Crippen MR) is 149 cm³/mol. The van der Waals surface area contributed by atoms with Crippen molar-refractivity contribution in [3.8, 4) is 11.5 Å². The Balaban J connectivity index is 1.51. The molecule has 0 saturated heterocycles. The molecule has 0 saturated carbocycles. The van der Waals surface area contributed by atoms with E-state index in [1.54, 1.807) is 18.2 Å². The lowest BCUT2D eigenvalue weighted by Crippen LogP contribution is -2.19. The summed E-state index contributed by atoms with van der Waals surface area (Å²) in [5, 5.41) is 5.47. The lowest BCUT2D eigenvalue weighted by Gasteiger charge is -2.18. The molecular formula is C30H28N2O4S. The zero-order chi connectivity index (χ0) is 26.2. The van der Waals surface area contributed by atoms with E-state index in [1.807, 2.05) is 85.8 Å². The van der Waals surface area contributed by atoms with Crippen LogP contribution in [0.3, 0.4) is 0 Å². The summed E-state index contributed by atoms with van der Waals surface area (Å²) in [4.78, 5) is 27.2. The van der Waals surface area contributed by atoms with E-state index in [0.717, 1.165) is 21.7 Å². The summed E-state index contributed by atoms with van der Waals surface area (Å²) in [6.07, 6.45) is 0. The van der Waals surface area contributed by atoms with Crippen molar-refractivity contribution < 1.29 is 19.1 Å². The highest BCUT2D eigenvalue weighted by atomic mass is 32.2. The molecular weight excluding hydrogens is 484 g/mol. The molecule has 1 unspecified atom stereocenters. The summed E-state index contributed by atoms with van der Waals surface area (Å²) >= 11 is 1.44. The smallest absolute Gasteiger partial charge is 0.263 e. The number of hydrogen-bond acceptors (Lipinski definition) is 5. The second kappa shape index (κ2) is 12.1. The molecule has 37 heavy (non-hydrogen) atoms. The van der Waals surface area contributed by atoms with E-state index in [2.05, 4.69) is 10.6 Å². The first-order chi connectivity index (χ1) is 18.0. The summed E-state index contributed by atoms with van der Waals surface area (Å²) in [6.45, 7) is 1.99. The van der Waals surface area contributed by atoms with Gasteiger partial charge in [-0.25, -0.2) is 0 Å². The van der Waals surface area contributed by atoms with E-state index in [0.29, 0.717) is 22.7 Å². The molecule has 2 amide bonds. The normalized spacial score (nSPS) is 11.3. The van der Waals surface area contributed by atoms with Crippen LogP contribution in [0.2, 0.25) is 0 Å². The topological polar surface area (TPSA) is 76.7 Å².